The molecule has 0 radical (unpaired) electrons. The molecule has 0 N–H and O–H groups in total. The number of carbonyl (C=O) groups excluding carboxylic acids is 2. The maximum atomic E-state index is 13.0. The summed E-state index contributed by atoms with van der Waals surface area (Å²) in [5, 5.41) is 15.6. The van der Waals surface area contributed by atoms with Gasteiger partial charge in [-0.05, 0) is 37.3 Å². The first-order valence-electron chi connectivity index (χ1n) is 8.37. The van der Waals surface area contributed by atoms with Gasteiger partial charge in [-0.2, -0.15) is 23.3 Å². The van der Waals surface area contributed by atoms with Crippen LogP contribution in [0.5, 0.6) is 5.75 Å². The van der Waals surface area contributed by atoms with Crippen LogP contribution in [-0.4, -0.2) is 24.2 Å². The Labute approximate surface area is 163 Å². The number of hydrogen-bond donors (Lipinski definition) is 0. The summed E-state index contributed by atoms with van der Waals surface area (Å²) in [5.41, 5.74) is -0.0604. The number of para-hydroxylation sites is 1. The number of amides is 1. The molecule has 1 amide bonds. The summed E-state index contributed by atoms with van der Waals surface area (Å²) in [6.07, 6.45) is -3.11. The Bertz CT molecular complexity index is 1030. The number of rotatable bonds is 5. The topological polar surface area (TPSA) is 82.0 Å². The number of aliphatic carboxylic acids is 1. The summed E-state index contributed by atoms with van der Waals surface area (Å²) in [4.78, 5) is 23.4. The molecule has 0 fully saturated rings. The molecular formula is C20H14F3N2O4-. The van der Waals surface area contributed by atoms with Crippen LogP contribution in [0.15, 0.2) is 59.2 Å². The zero-order chi connectivity index (χ0) is 21.2. The number of carboxylic acids is 1. The predicted molar refractivity (Wildman–Crippen MR) is 97.0 cm³/mol. The summed E-state index contributed by atoms with van der Waals surface area (Å²) in [7, 11) is 0. The lowest BCUT2D eigenvalue weighted by atomic mass is 10.1. The van der Waals surface area contributed by atoms with E-state index in [1.165, 1.54) is 24.3 Å². The second kappa shape index (κ2) is 7.78. The quantitative estimate of drug-likeness (QED) is 0.719. The van der Waals surface area contributed by atoms with Gasteiger partial charge in [-0.3, -0.25) is 4.79 Å². The van der Waals surface area contributed by atoms with E-state index in [2.05, 4.69) is 5.10 Å². The maximum Gasteiger partial charge on any atom is 0.416 e. The van der Waals surface area contributed by atoms with Crippen molar-refractivity contribution < 1.29 is 32.6 Å². The van der Waals surface area contributed by atoms with Crippen molar-refractivity contribution in [2.24, 2.45) is 5.10 Å². The Morgan fingerprint density at radius 3 is 2.62 bits per heavy atom. The first-order valence-corrected chi connectivity index (χ1v) is 8.37. The SMILES string of the molecule is CC1=NN(c2cccc(C(F)(F)F)c2)C(=O)/C1=C\c1ccccc1OCC(=O)[O-]. The third-order valence-electron chi connectivity index (χ3n) is 4.04. The van der Waals surface area contributed by atoms with Crippen molar-refractivity contribution in [3.8, 4) is 5.75 Å². The van der Waals surface area contributed by atoms with Gasteiger partial charge in [0.2, 0.25) is 0 Å². The molecular weight excluding hydrogens is 389 g/mol. The molecule has 0 aliphatic carbocycles. The fourth-order valence-electron chi connectivity index (χ4n) is 2.70. The lowest BCUT2D eigenvalue weighted by molar-refractivity contribution is -0.307. The van der Waals surface area contributed by atoms with Crippen molar-refractivity contribution in [2.75, 3.05) is 11.6 Å². The summed E-state index contributed by atoms with van der Waals surface area (Å²) in [6, 6.07) is 10.7. The highest BCUT2D eigenvalue weighted by atomic mass is 19.4. The van der Waals surface area contributed by atoms with Crippen molar-refractivity contribution in [3.05, 3.63) is 65.2 Å². The van der Waals surface area contributed by atoms with E-state index < -0.39 is 30.2 Å². The Morgan fingerprint density at radius 2 is 1.93 bits per heavy atom. The molecule has 0 saturated heterocycles. The average molecular weight is 403 g/mol. The number of ether oxygens (including phenoxy) is 1. The standard InChI is InChI=1S/C20H15F3N2O4/c1-12-16(9-13-5-2-3-8-17(13)29-11-18(26)27)19(28)25(24-12)15-7-4-6-14(10-15)20(21,22)23/h2-10H,11H2,1H3,(H,26,27)/p-1/b16-9-. The van der Waals surface area contributed by atoms with Gasteiger partial charge in [0, 0.05) is 5.56 Å². The largest absolute Gasteiger partial charge is 0.546 e. The molecule has 2 aromatic rings. The molecule has 6 nitrogen and oxygen atoms in total. The van der Waals surface area contributed by atoms with Crippen LogP contribution in [-0.2, 0) is 15.8 Å². The number of alkyl halides is 3. The van der Waals surface area contributed by atoms with E-state index in [1.807, 2.05) is 0 Å². The summed E-state index contributed by atoms with van der Waals surface area (Å²) in [5.74, 6) is -1.81. The van der Waals surface area contributed by atoms with Crippen LogP contribution in [0.1, 0.15) is 18.1 Å². The van der Waals surface area contributed by atoms with Crippen LogP contribution in [0.2, 0.25) is 0 Å². The molecule has 29 heavy (non-hydrogen) atoms. The zero-order valence-electron chi connectivity index (χ0n) is 15.1. The van der Waals surface area contributed by atoms with Gasteiger partial charge in [0.25, 0.3) is 5.91 Å². The van der Waals surface area contributed by atoms with Gasteiger partial charge in [-0.15, -0.1) is 0 Å². The van der Waals surface area contributed by atoms with Gasteiger partial charge in [0.15, 0.2) is 0 Å². The van der Waals surface area contributed by atoms with E-state index in [9.17, 15) is 27.9 Å². The third kappa shape index (κ3) is 4.45. The van der Waals surface area contributed by atoms with Gasteiger partial charge >= 0.3 is 6.18 Å². The molecule has 1 aliphatic heterocycles. The second-order valence-corrected chi connectivity index (χ2v) is 6.11. The van der Waals surface area contributed by atoms with E-state index in [4.69, 9.17) is 4.74 Å². The number of halogens is 3. The highest BCUT2D eigenvalue weighted by Gasteiger charge is 2.33. The summed E-state index contributed by atoms with van der Waals surface area (Å²) >= 11 is 0. The van der Waals surface area contributed by atoms with Crippen LogP contribution in [0.3, 0.4) is 0 Å². The average Bonchev–Trinajstić information content (AvgIpc) is 2.95. The van der Waals surface area contributed by atoms with Crippen LogP contribution < -0.4 is 14.9 Å². The number of nitrogens with zero attached hydrogens (tertiary/aromatic N) is 2. The first kappa shape index (κ1) is 20.1. The number of hydrazone groups is 1. The molecule has 9 heteroatoms. The first-order chi connectivity index (χ1) is 13.7. The zero-order valence-corrected chi connectivity index (χ0v) is 15.1. The smallest absolute Gasteiger partial charge is 0.416 e. The van der Waals surface area contributed by atoms with Gasteiger partial charge < -0.3 is 14.6 Å². The van der Waals surface area contributed by atoms with Crippen molar-refractivity contribution in [3.63, 3.8) is 0 Å². The van der Waals surface area contributed by atoms with Crippen molar-refractivity contribution in [1.29, 1.82) is 0 Å². The predicted octanol–water partition coefficient (Wildman–Crippen LogP) is 2.64. The molecule has 0 bridgehead atoms. The lowest BCUT2D eigenvalue weighted by Crippen LogP contribution is -2.29. The van der Waals surface area contributed by atoms with E-state index in [1.54, 1.807) is 25.1 Å². The molecule has 2 aromatic carbocycles. The highest BCUT2D eigenvalue weighted by Crippen LogP contribution is 2.33. The molecule has 0 aromatic heterocycles. The van der Waals surface area contributed by atoms with Gasteiger partial charge in [-0.1, -0.05) is 24.3 Å². The molecule has 1 aliphatic rings. The lowest BCUT2D eigenvalue weighted by Gasteiger charge is -2.14. The minimum Gasteiger partial charge on any atom is -0.546 e. The van der Waals surface area contributed by atoms with Crippen molar-refractivity contribution in [1.82, 2.24) is 0 Å². The van der Waals surface area contributed by atoms with Gasteiger partial charge in [-0.25, -0.2) is 0 Å². The number of carboxylic acid groups (broad SMARTS) is 1. The Balaban J connectivity index is 1.93. The van der Waals surface area contributed by atoms with Crippen LogP contribution in [0.4, 0.5) is 18.9 Å². The number of benzene rings is 2. The number of anilines is 1. The minimum atomic E-state index is -4.55. The molecule has 3 rings (SSSR count). The van der Waals surface area contributed by atoms with Gasteiger partial charge in [0.05, 0.1) is 28.5 Å². The monoisotopic (exact) mass is 403 g/mol. The normalized spacial score (nSPS) is 15.6. The third-order valence-corrected chi connectivity index (χ3v) is 4.04. The van der Waals surface area contributed by atoms with Gasteiger partial charge in [0.1, 0.15) is 12.4 Å². The molecule has 0 spiro atoms. The Morgan fingerprint density at radius 1 is 1.21 bits per heavy atom. The molecule has 0 unspecified atom stereocenters. The van der Waals surface area contributed by atoms with Crippen molar-refractivity contribution >= 4 is 29.4 Å². The molecule has 150 valence electrons. The van der Waals surface area contributed by atoms with Crippen LogP contribution in [0.25, 0.3) is 6.08 Å². The fourth-order valence-corrected chi connectivity index (χ4v) is 2.70. The molecule has 0 atom stereocenters. The number of hydrogen-bond acceptors (Lipinski definition) is 5. The minimum absolute atomic E-state index is 0.0194. The Kier molecular flexibility index (Phi) is 5.40. The molecule has 0 saturated carbocycles. The summed E-state index contributed by atoms with van der Waals surface area (Å²) < 4.78 is 44.0. The summed E-state index contributed by atoms with van der Waals surface area (Å²) in [6.45, 7) is 0.875. The number of carbonyl (C=O) groups is 2. The van der Waals surface area contributed by atoms with E-state index in [0.717, 1.165) is 17.1 Å². The van der Waals surface area contributed by atoms with Crippen molar-refractivity contribution in [2.45, 2.75) is 13.1 Å². The maximum absolute atomic E-state index is 13.0. The van der Waals surface area contributed by atoms with E-state index in [-0.39, 0.29) is 17.0 Å². The van der Waals surface area contributed by atoms with E-state index in [0.29, 0.717) is 11.3 Å². The van der Waals surface area contributed by atoms with Crippen LogP contribution in [0, 0.1) is 0 Å². The highest BCUT2D eigenvalue weighted by molar-refractivity contribution is 6.32. The second-order valence-electron chi connectivity index (χ2n) is 6.11. The Hall–Kier alpha value is -3.62. The van der Waals surface area contributed by atoms with E-state index >= 15 is 0 Å². The fraction of sp³-hybridized carbons (Fsp3) is 0.150. The van der Waals surface area contributed by atoms with Crippen LogP contribution >= 0.6 is 0 Å². The molecule has 1 heterocycles.